The van der Waals surface area contributed by atoms with E-state index in [0.29, 0.717) is 50.7 Å². The van der Waals surface area contributed by atoms with E-state index in [1.165, 1.54) is 37.7 Å². The van der Waals surface area contributed by atoms with Crippen LogP contribution in [0.1, 0.15) is 80.2 Å². The number of aromatic nitrogens is 2. The van der Waals surface area contributed by atoms with Crippen LogP contribution < -0.4 is 10.2 Å². The Morgan fingerprint density at radius 1 is 1.19 bits per heavy atom. The number of hydrogen-bond acceptors (Lipinski definition) is 6. The van der Waals surface area contributed by atoms with Gasteiger partial charge in [0.05, 0.1) is 22.7 Å². The normalized spacial score (nSPS) is 23.6. The molecule has 0 bridgehead atoms. The molecule has 2 aliphatic carbocycles. The van der Waals surface area contributed by atoms with Gasteiger partial charge in [-0.3, -0.25) is 4.79 Å². The van der Waals surface area contributed by atoms with Crippen LogP contribution in [0.15, 0.2) is 24.5 Å². The van der Waals surface area contributed by atoms with Crippen LogP contribution >= 0.6 is 11.6 Å². The molecule has 36 heavy (non-hydrogen) atoms. The van der Waals surface area contributed by atoms with E-state index >= 15 is 0 Å². The topological polar surface area (TPSA) is 81.6 Å². The molecule has 5 rings (SSSR count). The van der Waals surface area contributed by atoms with Gasteiger partial charge in [-0.05, 0) is 42.9 Å². The van der Waals surface area contributed by atoms with E-state index < -0.39 is 17.8 Å². The minimum Gasteiger partial charge on any atom is -0.387 e. The van der Waals surface area contributed by atoms with Gasteiger partial charge in [0, 0.05) is 44.3 Å². The molecule has 0 unspecified atom stereocenters. The lowest BCUT2D eigenvalue weighted by Gasteiger charge is -2.38. The van der Waals surface area contributed by atoms with E-state index in [4.69, 9.17) is 11.6 Å². The van der Waals surface area contributed by atoms with Gasteiger partial charge in [-0.15, -0.1) is 0 Å². The minimum absolute atomic E-state index is 0.0105. The van der Waals surface area contributed by atoms with Gasteiger partial charge in [0.1, 0.15) is 18.0 Å². The highest BCUT2D eigenvalue weighted by Crippen LogP contribution is 2.42. The first-order valence-corrected chi connectivity index (χ1v) is 13.5. The summed E-state index contributed by atoms with van der Waals surface area (Å²) in [5, 5.41) is 14.0. The number of aliphatic hydroxyl groups excluding tert-OH is 1. The molecule has 2 aromatic rings. The van der Waals surface area contributed by atoms with Crippen LogP contribution in [-0.4, -0.2) is 64.6 Å². The van der Waals surface area contributed by atoms with Gasteiger partial charge < -0.3 is 20.2 Å². The minimum atomic E-state index is -0.545. The predicted octanol–water partition coefficient (Wildman–Crippen LogP) is 4.16. The van der Waals surface area contributed by atoms with Crippen LogP contribution in [-0.2, 0) is 4.79 Å². The second-order valence-electron chi connectivity index (χ2n) is 10.4. The van der Waals surface area contributed by atoms with Crippen LogP contribution in [0.4, 0.5) is 10.2 Å². The van der Waals surface area contributed by atoms with Crippen molar-refractivity contribution in [2.24, 2.45) is 0 Å². The Morgan fingerprint density at radius 2 is 1.94 bits per heavy atom. The third-order valence-corrected chi connectivity index (χ3v) is 8.34. The fourth-order valence-electron chi connectivity index (χ4n) is 5.98. The second kappa shape index (κ2) is 11.0. The zero-order valence-corrected chi connectivity index (χ0v) is 21.6. The van der Waals surface area contributed by atoms with Crippen molar-refractivity contribution in [3.05, 3.63) is 52.2 Å². The molecule has 7 nitrogen and oxygen atoms in total. The van der Waals surface area contributed by atoms with Crippen LogP contribution in [0.2, 0.25) is 5.02 Å². The Labute approximate surface area is 217 Å². The van der Waals surface area contributed by atoms with Gasteiger partial charge in [0.15, 0.2) is 0 Å². The number of anilines is 1. The van der Waals surface area contributed by atoms with Crippen LogP contribution in [0, 0.1) is 5.82 Å². The molecule has 9 heteroatoms. The number of piperazine rings is 1. The van der Waals surface area contributed by atoms with Gasteiger partial charge in [-0.2, -0.15) is 0 Å². The number of nitrogens with one attached hydrogen (secondary N) is 1. The van der Waals surface area contributed by atoms with Gasteiger partial charge in [-0.25, -0.2) is 14.4 Å². The molecule has 1 amide bonds. The number of nitrogens with zero attached hydrogens (tertiary/aromatic N) is 4. The molecule has 3 atom stereocenters. The summed E-state index contributed by atoms with van der Waals surface area (Å²) in [5.41, 5.74) is 2.41. The number of carbonyl (C=O) groups excluding carboxylic acids is 1. The van der Waals surface area contributed by atoms with Gasteiger partial charge >= 0.3 is 0 Å². The maximum Gasteiger partial charge on any atom is 0.231 e. The van der Waals surface area contributed by atoms with Crippen molar-refractivity contribution in [3.63, 3.8) is 0 Å². The third kappa shape index (κ3) is 5.22. The van der Waals surface area contributed by atoms with Crippen molar-refractivity contribution >= 4 is 23.3 Å². The maximum atomic E-state index is 14.3. The molecular weight excluding hydrogens is 481 g/mol. The largest absolute Gasteiger partial charge is 0.387 e. The van der Waals surface area contributed by atoms with Crippen molar-refractivity contribution in [3.8, 4) is 0 Å². The Bertz CT molecular complexity index is 1090. The summed E-state index contributed by atoms with van der Waals surface area (Å²) in [5.74, 6) is 0.107. The molecule has 2 fully saturated rings. The molecule has 1 aliphatic heterocycles. The molecule has 1 aromatic carbocycles. The van der Waals surface area contributed by atoms with Crippen molar-refractivity contribution in [1.29, 1.82) is 0 Å². The second-order valence-corrected chi connectivity index (χ2v) is 10.8. The van der Waals surface area contributed by atoms with Crippen molar-refractivity contribution in [2.45, 2.75) is 69.4 Å². The van der Waals surface area contributed by atoms with Crippen LogP contribution in [0.25, 0.3) is 0 Å². The summed E-state index contributed by atoms with van der Waals surface area (Å²) < 4.78 is 14.3. The monoisotopic (exact) mass is 515 g/mol. The molecule has 0 spiro atoms. The van der Waals surface area contributed by atoms with E-state index in [1.807, 2.05) is 4.90 Å². The van der Waals surface area contributed by atoms with E-state index in [1.54, 1.807) is 6.07 Å². The Balaban J connectivity index is 1.29. The first-order valence-electron chi connectivity index (χ1n) is 13.2. The summed E-state index contributed by atoms with van der Waals surface area (Å²) in [4.78, 5) is 26.7. The fraction of sp³-hybridized carbons (Fsp3) is 0.593. The number of amides is 1. The quantitative estimate of drug-likeness (QED) is 0.601. The maximum absolute atomic E-state index is 14.3. The summed E-state index contributed by atoms with van der Waals surface area (Å²) in [6.45, 7) is 5.00. The zero-order valence-electron chi connectivity index (χ0n) is 20.8. The molecule has 3 aliphatic rings. The summed E-state index contributed by atoms with van der Waals surface area (Å²) in [7, 11) is 0. The van der Waals surface area contributed by atoms with Gasteiger partial charge in [0.25, 0.3) is 0 Å². The smallest absolute Gasteiger partial charge is 0.231 e. The standard InChI is InChI=1S/C27H35ClFN5O2/c1-17-13-23(35)25-24(17)26(32-16-31-25)33-9-11-34(12-10-33)27(36)20(15-30-19-5-3-2-4-6-19)18-7-8-21(28)22(29)14-18/h7-8,14,16-17,19-20,23,30,35H,2-6,9-13,15H2,1H3/t17-,20-,23-/m1/s1. The number of aliphatic hydroxyl groups is 1. The summed E-state index contributed by atoms with van der Waals surface area (Å²) >= 11 is 5.93. The molecule has 1 saturated heterocycles. The molecule has 194 valence electrons. The first kappa shape index (κ1) is 25.4. The molecule has 2 heterocycles. The van der Waals surface area contributed by atoms with E-state index in [2.05, 4.69) is 27.1 Å². The average molecular weight is 516 g/mol. The third-order valence-electron chi connectivity index (χ3n) is 8.03. The van der Waals surface area contributed by atoms with Crippen LogP contribution in [0.3, 0.4) is 0 Å². The van der Waals surface area contributed by atoms with Crippen molar-refractivity contribution in [1.82, 2.24) is 20.2 Å². The van der Waals surface area contributed by atoms with Crippen LogP contribution in [0.5, 0.6) is 0 Å². The average Bonchev–Trinajstić information content (AvgIpc) is 3.20. The van der Waals surface area contributed by atoms with Gasteiger partial charge in [0.2, 0.25) is 5.91 Å². The van der Waals surface area contributed by atoms with E-state index in [-0.39, 0.29) is 16.8 Å². The number of hydrogen-bond donors (Lipinski definition) is 2. The number of rotatable bonds is 6. The summed E-state index contributed by atoms with van der Waals surface area (Å²) in [6.07, 6.45) is 7.54. The number of fused-ring (bicyclic) bond motifs is 1. The van der Waals surface area contributed by atoms with E-state index in [0.717, 1.165) is 29.9 Å². The molecule has 0 radical (unpaired) electrons. The SMILES string of the molecule is C[C@@H]1C[C@@H](O)c2ncnc(N3CCN(C(=O)[C@H](CNC4CCCCC4)c4ccc(Cl)c(F)c4)CC3)c21. The molecular formula is C27H35ClFN5O2. The Kier molecular flexibility index (Phi) is 7.74. The predicted molar refractivity (Wildman–Crippen MR) is 138 cm³/mol. The van der Waals surface area contributed by atoms with Crippen molar-refractivity contribution < 1.29 is 14.3 Å². The molecule has 1 saturated carbocycles. The first-order chi connectivity index (χ1) is 17.4. The molecule has 1 aromatic heterocycles. The lowest BCUT2D eigenvalue weighted by Crippen LogP contribution is -2.51. The highest BCUT2D eigenvalue weighted by Gasteiger charge is 2.35. The van der Waals surface area contributed by atoms with Gasteiger partial charge in [-0.1, -0.05) is 43.9 Å². The fourth-order valence-corrected chi connectivity index (χ4v) is 6.10. The molecule has 2 N–H and O–H groups in total. The number of halogens is 2. The lowest BCUT2D eigenvalue weighted by atomic mass is 9.93. The van der Waals surface area contributed by atoms with Crippen molar-refractivity contribution in [2.75, 3.05) is 37.6 Å². The highest BCUT2D eigenvalue weighted by atomic mass is 35.5. The zero-order chi connectivity index (χ0) is 25.2. The highest BCUT2D eigenvalue weighted by molar-refractivity contribution is 6.30. The Hall–Kier alpha value is -2.29. The number of benzene rings is 1. The van der Waals surface area contributed by atoms with E-state index in [9.17, 15) is 14.3 Å². The number of carbonyl (C=O) groups is 1. The Morgan fingerprint density at radius 3 is 2.67 bits per heavy atom. The summed E-state index contributed by atoms with van der Waals surface area (Å²) in [6, 6.07) is 5.11. The lowest BCUT2D eigenvalue weighted by molar-refractivity contribution is -0.133.